The minimum atomic E-state index is -0.823. The van der Waals surface area contributed by atoms with Crippen molar-refractivity contribution >= 4 is 45.4 Å². The Morgan fingerprint density at radius 2 is 1.24 bits per heavy atom. The molecule has 2 fully saturated rings. The molecule has 0 spiro atoms. The second kappa shape index (κ2) is 9.49. The van der Waals surface area contributed by atoms with Crippen LogP contribution in [0.4, 0.5) is 0 Å². The van der Waals surface area contributed by atoms with Crippen molar-refractivity contribution in [2.24, 2.45) is 0 Å². The Balaban J connectivity index is 0.000000166. The van der Waals surface area contributed by atoms with Crippen LogP contribution in [0.2, 0.25) is 10.0 Å². The average Bonchev–Trinajstić information content (AvgIpc) is 3.34. The van der Waals surface area contributed by atoms with Gasteiger partial charge in [-0.1, -0.05) is 70.9 Å². The second-order valence-corrected chi connectivity index (χ2v) is 9.69. The molecule has 0 radical (unpaired) electrons. The summed E-state index contributed by atoms with van der Waals surface area (Å²) in [6.45, 7) is 0. The number of aldehydes is 1. The topological polar surface area (TPSA) is 57.5 Å². The van der Waals surface area contributed by atoms with Crippen molar-refractivity contribution in [1.29, 1.82) is 0 Å². The number of halogens is 3. The lowest BCUT2D eigenvalue weighted by Gasteiger charge is -2.24. The van der Waals surface area contributed by atoms with Crippen molar-refractivity contribution in [2.75, 3.05) is 0 Å². The number of rotatable bonds is 3. The van der Waals surface area contributed by atoms with Crippen molar-refractivity contribution in [1.82, 2.24) is 0 Å². The molecule has 0 aliphatic heterocycles. The predicted molar refractivity (Wildman–Crippen MR) is 121 cm³/mol. The standard InChI is InChI=1S/C12H13ClO2.C11H12BrClO/c13-11-4-3-9(8-14)7-10(11)12(15)5-1-2-6-12;12-8-3-4-10(13)9(7-8)11(14)5-1-2-6-11/h3-4,7-8,15H,1-2,5-6H2;3-4,7,14H,1-2,5-6H2. The average molecular weight is 500 g/mol. The summed E-state index contributed by atoms with van der Waals surface area (Å²) in [4.78, 5) is 10.7. The molecule has 0 unspecified atom stereocenters. The fourth-order valence-electron chi connectivity index (χ4n) is 4.29. The summed E-state index contributed by atoms with van der Waals surface area (Å²) in [6, 6.07) is 10.7. The molecule has 2 saturated carbocycles. The van der Waals surface area contributed by atoms with Gasteiger partial charge in [0.25, 0.3) is 0 Å². The minimum Gasteiger partial charge on any atom is -0.385 e. The van der Waals surface area contributed by atoms with E-state index in [9.17, 15) is 15.0 Å². The third kappa shape index (κ3) is 5.23. The van der Waals surface area contributed by atoms with Gasteiger partial charge >= 0.3 is 0 Å². The fraction of sp³-hybridized carbons (Fsp3) is 0.435. The molecule has 2 aromatic carbocycles. The number of hydrogen-bond acceptors (Lipinski definition) is 3. The highest BCUT2D eigenvalue weighted by Crippen LogP contribution is 2.43. The van der Waals surface area contributed by atoms with Gasteiger partial charge in [0.1, 0.15) is 6.29 Å². The fourth-order valence-corrected chi connectivity index (χ4v) is 5.23. The highest BCUT2D eigenvalue weighted by Gasteiger charge is 2.35. The maximum Gasteiger partial charge on any atom is 0.150 e. The van der Waals surface area contributed by atoms with Crippen LogP contribution in [0.5, 0.6) is 0 Å². The lowest BCUT2D eigenvalue weighted by molar-refractivity contribution is 0.0441. The molecular weight excluding hydrogens is 475 g/mol. The van der Waals surface area contributed by atoms with Crippen LogP contribution >= 0.6 is 39.1 Å². The number of carbonyl (C=O) groups is 1. The van der Waals surface area contributed by atoms with Gasteiger partial charge in [-0.2, -0.15) is 0 Å². The molecule has 0 heterocycles. The predicted octanol–water partition coefficient (Wildman–Crippen LogP) is 6.78. The van der Waals surface area contributed by atoms with E-state index in [1.807, 2.05) is 18.2 Å². The third-order valence-electron chi connectivity index (χ3n) is 5.92. The van der Waals surface area contributed by atoms with Crippen molar-refractivity contribution in [2.45, 2.75) is 62.6 Å². The minimum absolute atomic E-state index is 0.546. The first-order valence-corrected chi connectivity index (χ1v) is 11.5. The SMILES string of the molecule is O=Cc1ccc(Cl)c(C2(O)CCCC2)c1.OC1(c2cc(Br)ccc2Cl)CCCC1. The summed E-state index contributed by atoms with van der Waals surface area (Å²) < 4.78 is 0.970. The molecular formula is C23H25BrCl2O3. The first kappa shape index (κ1) is 22.8. The molecule has 3 nitrogen and oxygen atoms in total. The van der Waals surface area contributed by atoms with E-state index in [1.54, 1.807) is 18.2 Å². The quantitative estimate of drug-likeness (QED) is 0.457. The maximum atomic E-state index is 10.7. The summed E-state index contributed by atoms with van der Waals surface area (Å²) in [7, 11) is 0. The normalized spacial score (nSPS) is 19.5. The Morgan fingerprint density at radius 1 is 0.793 bits per heavy atom. The van der Waals surface area contributed by atoms with E-state index in [1.165, 1.54) is 0 Å². The third-order valence-corrected chi connectivity index (χ3v) is 7.07. The first-order valence-electron chi connectivity index (χ1n) is 9.93. The number of hydrogen-bond donors (Lipinski definition) is 2. The summed E-state index contributed by atoms with van der Waals surface area (Å²) in [5, 5.41) is 21.9. The lowest BCUT2D eigenvalue weighted by atomic mass is 9.91. The number of carbonyl (C=O) groups excluding carboxylic acids is 1. The molecule has 4 rings (SSSR count). The zero-order valence-electron chi connectivity index (χ0n) is 16.1. The molecule has 29 heavy (non-hydrogen) atoms. The molecule has 2 N–H and O–H groups in total. The zero-order chi connectivity index (χ0) is 21.1. The van der Waals surface area contributed by atoms with Gasteiger partial charge in [-0.3, -0.25) is 4.79 Å². The van der Waals surface area contributed by atoms with E-state index < -0.39 is 11.2 Å². The van der Waals surface area contributed by atoms with Crippen LogP contribution in [0.25, 0.3) is 0 Å². The highest BCUT2D eigenvalue weighted by atomic mass is 79.9. The van der Waals surface area contributed by atoms with Gasteiger partial charge in [0, 0.05) is 31.2 Å². The summed E-state index contributed by atoms with van der Waals surface area (Å²) in [5.41, 5.74) is 0.615. The van der Waals surface area contributed by atoms with Gasteiger partial charge < -0.3 is 10.2 Å². The van der Waals surface area contributed by atoms with Crippen molar-refractivity contribution in [3.63, 3.8) is 0 Å². The van der Waals surface area contributed by atoms with Gasteiger partial charge in [0.15, 0.2) is 0 Å². The van der Waals surface area contributed by atoms with Crippen LogP contribution in [0.3, 0.4) is 0 Å². The van der Waals surface area contributed by atoms with Gasteiger partial charge in [0.2, 0.25) is 0 Å². The van der Waals surface area contributed by atoms with E-state index in [0.29, 0.717) is 21.2 Å². The Kier molecular flexibility index (Phi) is 7.45. The van der Waals surface area contributed by atoms with Gasteiger partial charge in [-0.25, -0.2) is 0 Å². The van der Waals surface area contributed by atoms with Gasteiger partial charge in [-0.05, 0) is 56.0 Å². The monoisotopic (exact) mass is 498 g/mol. The lowest BCUT2D eigenvalue weighted by Crippen LogP contribution is -2.21. The maximum absolute atomic E-state index is 10.7. The molecule has 2 aliphatic rings. The van der Waals surface area contributed by atoms with Crippen LogP contribution in [0, 0.1) is 0 Å². The van der Waals surface area contributed by atoms with Gasteiger partial charge in [0.05, 0.1) is 11.2 Å². The largest absolute Gasteiger partial charge is 0.385 e. The van der Waals surface area contributed by atoms with E-state index >= 15 is 0 Å². The molecule has 0 amide bonds. The zero-order valence-corrected chi connectivity index (χ0v) is 19.2. The highest BCUT2D eigenvalue weighted by molar-refractivity contribution is 9.10. The Morgan fingerprint density at radius 3 is 1.72 bits per heavy atom. The van der Waals surface area contributed by atoms with E-state index in [4.69, 9.17) is 23.2 Å². The number of benzene rings is 2. The summed E-state index contributed by atoms with van der Waals surface area (Å²) >= 11 is 15.5. The number of aliphatic hydroxyl groups is 2. The molecule has 6 heteroatoms. The smallest absolute Gasteiger partial charge is 0.150 e. The second-order valence-electron chi connectivity index (χ2n) is 7.96. The van der Waals surface area contributed by atoms with Crippen LogP contribution < -0.4 is 0 Å². The van der Waals surface area contributed by atoms with Crippen LogP contribution in [-0.4, -0.2) is 16.5 Å². The van der Waals surface area contributed by atoms with Crippen LogP contribution in [0.1, 0.15) is 72.9 Å². The Hall–Kier alpha value is -0.910. The molecule has 0 bridgehead atoms. The summed E-state index contributed by atoms with van der Waals surface area (Å²) in [6.07, 6.45) is 8.07. The Bertz CT molecular complexity index is 872. The van der Waals surface area contributed by atoms with Crippen molar-refractivity contribution in [3.8, 4) is 0 Å². The molecule has 0 atom stereocenters. The van der Waals surface area contributed by atoms with Gasteiger partial charge in [-0.15, -0.1) is 0 Å². The van der Waals surface area contributed by atoms with E-state index in [-0.39, 0.29) is 0 Å². The molecule has 0 saturated heterocycles. The molecule has 2 aromatic rings. The molecule has 0 aromatic heterocycles. The van der Waals surface area contributed by atoms with Crippen molar-refractivity contribution in [3.05, 3.63) is 67.6 Å². The van der Waals surface area contributed by atoms with Crippen LogP contribution in [0.15, 0.2) is 40.9 Å². The first-order chi connectivity index (χ1) is 13.8. The summed E-state index contributed by atoms with van der Waals surface area (Å²) in [5.74, 6) is 0. The molecule has 2 aliphatic carbocycles. The Labute approximate surface area is 190 Å². The van der Waals surface area contributed by atoms with E-state index in [0.717, 1.165) is 67.7 Å². The van der Waals surface area contributed by atoms with Crippen molar-refractivity contribution < 1.29 is 15.0 Å². The van der Waals surface area contributed by atoms with Crippen LogP contribution in [-0.2, 0) is 11.2 Å². The van der Waals surface area contributed by atoms with E-state index in [2.05, 4.69) is 15.9 Å². The molecule has 156 valence electrons.